The first-order chi connectivity index (χ1) is 8.18. The van der Waals surface area contributed by atoms with E-state index in [1.807, 2.05) is 18.3 Å². The van der Waals surface area contributed by atoms with Gasteiger partial charge in [-0.1, -0.05) is 0 Å². The van der Waals surface area contributed by atoms with Gasteiger partial charge in [0.2, 0.25) is 0 Å². The number of H-pyrrole nitrogens is 1. The maximum absolute atomic E-state index is 11.5. The molecule has 2 aliphatic rings. The summed E-state index contributed by atoms with van der Waals surface area (Å²) >= 11 is 0. The van der Waals surface area contributed by atoms with Gasteiger partial charge in [-0.25, -0.2) is 0 Å². The number of hydrogen-bond acceptors (Lipinski definition) is 2. The molecule has 3 heterocycles. The molecule has 0 aliphatic carbocycles. The molecule has 5 heteroatoms. The molecule has 2 bridgehead atoms. The summed E-state index contributed by atoms with van der Waals surface area (Å²) in [5.74, 6) is -0.761. The van der Waals surface area contributed by atoms with Gasteiger partial charge in [0, 0.05) is 29.9 Å². The number of nitrogens with one attached hydrogen (secondary N) is 1. The first kappa shape index (κ1) is 13.4. The zero-order valence-electron chi connectivity index (χ0n) is 10.4. The van der Waals surface area contributed by atoms with Crippen molar-refractivity contribution < 1.29 is 9.90 Å². The Morgan fingerprint density at radius 2 is 2.28 bits per heavy atom. The summed E-state index contributed by atoms with van der Waals surface area (Å²) in [7, 11) is 2.14. The summed E-state index contributed by atoms with van der Waals surface area (Å²) in [5.41, 5.74) is 1.08. The summed E-state index contributed by atoms with van der Waals surface area (Å²) in [6.07, 6.45) is 4.93. The van der Waals surface area contributed by atoms with E-state index in [1.165, 1.54) is 0 Å². The standard InChI is InChI=1S/C13H18N2O2.ClH/c1-15-8-4-5-11(15)12(9(7-8)13(16)17)10-3-2-6-14-10;/h2-3,6,8-9,11-12,14H,4-5,7H2,1H3,(H,16,17);1H. The number of aromatic nitrogens is 1. The van der Waals surface area contributed by atoms with Gasteiger partial charge in [-0.2, -0.15) is 0 Å². The zero-order valence-corrected chi connectivity index (χ0v) is 11.2. The fourth-order valence-electron chi connectivity index (χ4n) is 3.70. The Morgan fingerprint density at radius 1 is 1.50 bits per heavy atom. The molecule has 2 aliphatic heterocycles. The average molecular weight is 271 g/mol. The molecule has 100 valence electrons. The molecule has 2 fully saturated rings. The van der Waals surface area contributed by atoms with Crippen LogP contribution in [-0.2, 0) is 4.79 Å². The number of carboxylic acid groups (broad SMARTS) is 1. The molecule has 4 unspecified atom stereocenters. The molecule has 18 heavy (non-hydrogen) atoms. The quantitative estimate of drug-likeness (QED) is 0.865. The first-order valence-electron chi connectivity index (χ1n) is 6.26. The SMILES string of the molecule is CN1C2CCC1C(c1ccc[nH]1)C(C(=O)O)C2.Cl. The van der Waals surface area contributed by atoms with Crippen molar-refractivity contribution in [2.24, 2.45) is 5.92 Å². The van der Waals surface area contributed by atoms with Gasteiger partial charge in [0.25, 0.3) is 0 Å². The Kier molecular flexibility index (Phi) is 3.69. The number of carbonyl (C=O) groups is 1. The van der Waals surface area contributed by atoms with Crippen LogP contribution in [0.3, 0.4) is 0 Å². The highest BCUT2D eigenvalue weighted by molar-refractivity contribution is 5.85. The monoisotopic (exact) mass is 270 g/mol. The molecule has 2 N–H and O–H groups in total. The molecule has 3 rings (SSSR count). The number of hydrogen-bond donors (Lipinski definition) is 2. The van der Waals surface area contributed by atoms with Crippen LogP contribution in [0.2, 0.25) is 0 Å². The molecule has 0 saturated carbocycles. The number of rotatable bonds is 2. The molecular formula is C13H19ClN2O2. The van der Waals surface area contributed by atoms with Crippen LogP contribution < -0.4 is 0 Å². The van der Waals surface area contributed by atoms with E-state index in [0.717, 1.165) is 25.0 Å². The van der Waals surface area contributed by atoms with E-state index in [-0.39, 0.29) is 24.2 Å². The van der Waals surface area contributed by atoms with Gasteiger partial charge in [-0.3, -0.25) is 9.69 Å². The minimum Gasteiger partial charge on any atom is -0.481 e. The third-order valence-corrected chi connectivity index (χ3v) is 4.57. The lowest BCUT2D eigenvalue weighted by Gasteiger charge is -2.41. The van der Waals surface area contributed by atoms with Crippen LogP contribution in [0, 0.1) is 5.92 Å². The Morgan fingerprint density at radius 3 is 2.89 bits per heavy atom. The number of aromatic amines is 1. The van der Waals surface area contributed by atoms with Crippen molar-refractivity contribution in [2.75, 3.05) is 7.05 Å². The van der Waals surface area contributed by atoms with E-state index < -0.39 is 5.97 Å². The van der Waals surface area contributed by atoms with Crippen LogP contribution in [-0.4, -0.2) is 40.1 Å². The number of nitrogens with zero attached hydrogens (tertiary/aromatic N) is 1. The number of likely N-dealkylation sites (N-methyl/N-ethyl adjacent to an activating group) is 1. The fraction of sp³-hybridized carbons (Fsp3) is 0.615. The minimum absolute atomic E-state index is 0. The van der Waals surface area contributed by atoms with E-state index in [2.05, 4.69) is 16.9 Å². The molecule has 1 aromatic heterocycles. The number of aliphatic carboxylic acids is 1. The molecule has 4 nitrogen and oxygen atoms in total. The Balaban J connectivity index is 0.00000120. The molecule has 0 radical (unpaired) electrons. The molecule has 0 spiro atoms. The van der Waals surface area contributed by atoms with E-state index in [0.29, 0.717) is 12.1 Å². The summed E-state index contributed by atoms with van der Waals surface area (Å²) in [6, 6.07) is 4.82. The van der Waals surface area contributed by atoms with Crippen molar-refractivity contribution in [2.45, 2.75) is 37.3 Å². The Bertz CT molecular complexity index is 421. The zero-order chi connectivity index (χ0) is 12.0. The highest BCUT2D eigenvalue weighted by atomic mass is 35.5. The Hall–Kier alpha value is -1.00. The summed E-state index contributed by atoms with van der Waals surface area (Å²) < 4.78 is 0. The summed E-state index contributed by atoms with van der Waals surface area (Å²) in [4.78, 5) is 17.0. The van der Waals surface area contributed by atoms with Crippen molar-refractivity contribution >= 4 is 18.4 Å². The van der Waals surface area contributed by atoms with Crippen molar-refractivity contribution in [3.8, 4) is 0 Å². The summed E-state index contributed by atoms with van der Waals surface area (Å²) in [6.45, 7) is 0. The van der Waals surface area contributed by atoms with Gasteiger partial charge in [0.05, 0.1) is 5.92 Å². The van der Waals surface area contributed by atoms with Crippen LogP contribution in [0.5, 0.6) is 0 Å². The number of fused-ring (bicyclic) bond motifs is 2. The Labute approximate surface area is 113 Å². The molecule has 2 saturated heterocycles. The maximum atomic E-state index is 11.5. The van der Waals surface area contributed by atoms with E-state index in [9.17, 15) is 9.90 Å². The lowest BCUT2D eigenvalue weighted by molar-refractivity contribution is -0.145. The van der Waals surface area contributed by atoms with Crippen molar-refractivity contribution in [1.82, 2.24) is 9.88 Å². The fourth-order valence-corrected chi connectivity index (χ4v) is 3.70. The predicted molar refractivity (Wildman–Crippen MR) is 71.1 cm³/mol. The minimum atomic E-state index is -0.644. The van der Waals surface area contributed by atoms with Crippen LogP contribution in [0.15, 0.2) is 18.3 Å². The predicted octanol–water partition coefficient (Wildman–Crippen LogP) is 2.09. The second-order valence-corrected chi connectivity index (χ2v) is 5.30. The highest BCUT2D eigenvalue weighted by Crippen LogP contribution is 2.46. The van der Waals surface area contributed by atoms with E-state index >= 15 is 0 Å². The van der Waals surface area contributed by atoms with Crippen LogP contribution in [0.25, 0.3) is 0 Å². The van der Waals surface area contributed by atoms with Crippen molar-refractivity contribution in [3.63, 3.8) is 0 Å². The van der Waals surface area contributed by atoms with Crippen molar-refractivity contribution in [1.29, 1.82) is 0 Å². The lowest BCUT2D eigenvalue weighted by Crippen LogP contribution is -2.47. The van der Waals surface area contributed by atoms with Gasteiger partial charge in [0.1, 0.15) is 0 Å². The van der Waals surface area contributed by atoms with Crippen LogP contribution in [0.1, 0.15) is 30.9 Å². The third-order valence-electron chi connectivity index (χ3n) is 4.57. The maximum Gasteiger partial charge on any atom is 0.307 e. The molecule has 0 amide bonds. The average Bonchev–Trinajstić information content (AvgIpc) is 2.87. The molecule has 0 aromatic carbocycles. The van der Waals surface area contributed by atoms with E-state index in [1.54, 1.807) is 0 Å². The molecule has 4 atom stereocenters. The third kappa shape index (κ3) is 1.93. The van der Waals surface area contributed by atoms with E-state index in [4.69, 9.17) is 0 Å². The first-order valence-corrected chi connectivity index (χ1v) is 6.26. The molecule has 1 aromatic rings. The van der Waals surface area contributed by atoms with Crippen LogP contribution in [0.4, 0.5) is 0 Å². The van der Waals surface area contributed by atoms with Gasteiger partial charge < -0.3 is 10.1 Å². The number of carboxylic acids is 1. The van der Waals surface area contributed by atoms with Gasteiger partial charge in [0.15, 0.2) is 0 Å². The van der Waals surface area contributed by atoms with Crippen molar-refractivity contribution in [3.05, 3.63) is 24.0 Å². The second kappa shape index (κ2) is 4.94. The molecular weight excluding hydrogens is 252 g/mol. The second-order valence-electron chi connectivity index (χ2n) is 5.30. The largest absolute Gasteiger partial charge is 0.481 e. The van der Waals surface area contributed by atoms with Gasteiger partial charge in [-0.05, 0) is 38.4 Å². The lowest BCUT2D eigenvalue weighted by atomic mass is 9.78. The number of piperidine rings is 1. The normalized spacial score (nSPS) is 35.2. The van der Waals surface area contributed by atoms with Crippen LogP contribution >= 0.6 is 12.4 Å². The number of halogens is 1. The highest BCUT2D eigenvalue weighted by Gasteiger charge is 2.48. The topological polar surface area (TPSA) is 56.3 Å². The van der Waals surface area contributed by atoms with Gasteiger partial charge in [-0.15, -0.1) is 12.4 Å². The summed E-state index contributed by atoms with van der Waals surface area (Å²) in [5, 5.41) is 9.42. The van der Waals surface area contributed by atoms with Gasteiger partial charge >= 0.3 is 5.97 Å². The smallest absolute Gasteiger partial charge is 0.307 e.